The summed E-state index contributed by atoms with van der Waals surface area (Å²) in [4.78, 5) is 70.5. The van der Waals surface area contributed by atoms with E-state index in [2.05, 4.69) is 10.2 Å². The van der Waals surface area contributed by atoms with Crippen LogP contribution in [0.15, 0.2) is 0 Å². The first-order valence-electron chi connectivity index (χ1n) is 19.6. The van der Waals surface area contributed by atoms with Crippen molar-refractivity contribution in [1.29, 1.82) is 0 Å². The van der Waals surface area contributed by atoms with Crippen molar-refractivity contribution in [3.63, 3.8) is 0 Å². The second-order valence-electron chi connectivity index (χ2n) is 17.2. The molecule has 0 saturated carbocycles. The molecule has 14 nitrogen and oxygen atoms in total. The van der Waals surface area contributed by atoms with Crippen LogP contribution in [0.4, 0.5) is 0 Å². The lowest BCUT2D eigenvalue weighted by atomic mass is 10.1. The molecule has 0 aliphatic carbocycles. The van der Waals surface area contributed by atoms with Crippen LogP contribution in [0.3, 0.4) is 0 Å². The maximum Gasteiger partial charge on any atom is 0.320 e. The highest BCUT2D eigenvalue weighted by atomic mass is 16.6. The molecule has 1 saturated heterocycles. The van der Waals surface area contributed by atoms with E-state index in [1.54, 1.807) is 0 Å². The molecule has 1 aliphatic heterocycles. The summed E-state index contributed by atoms with van der Waals surface area (Å²) in [7, 11) is 0. The van der Waals surface area contributed by atoms with Gasteiger partial charge in [-0.2, -0.15) is 0 Å². The number of ether oxygens (including phenoxy) is 3. The third-order valence-corrected chi connectivity index (χ3v) is 8.25. The number of carbonyl (C=O) groups excluding carboxylic acids is 4. The molecule has 53 heavy (non-hydrogen) atoms. The summed E-state index contributed by atoms with van der Waals surface area (Å²) in [6.45, 7) is 21.4. The molecule has 0 aromatic rings. The molecule has 0 atom stereocenters. The summed E-state index contributed by atoms with van der Waals surface area (Å²) >= 11 is 0. The molecule has 0 spiro atoms. The zero-order valence-corrected chi connectivity index (χ0v) is 34.6. The Morgan fingerprint density at radius 2 is 0.755 bits per heavy atom. The van der Waals surface area contributed by atoms with Crippen molar-refractivity contribution >= 4 is 29.8 Å². The molecule has 1 rings (SSSR count). The number of carboxylic acids is 1. The normalized spacial score (nSPS) is 16.6. The van der Waals surface area contributed by atoms with E-state index in [0.717, 1.165) is 51.4 Å². The molecule has 1 heterocycles. The highest BCUT2D eigenvalue weighted by molar-refractivity contribution is 5.78. The van der Waals surface area contributed by atoms with Gasteiger partial charge >= 0.3 is 23.9 Å². The number of nitrogens with one attached hydrogen (secondary N) is 1. The first-order chi connectivity index (χ1) is 24.6. The Balaban J connectivity index is 2.96. The lowest BCUT2D eigenvalue weighted by Gasteiger charge is -2.34. The predicted octanol–water partition coefficient (Wildman–Crippen LogP) is 3.94. The van der Waals surface area contributed by atoms with Crippen molar-refractivity contribution in [3.05, 3.63) is 0 Å². The molecule has 0 aromatic heterocycles. The number of unbranched alkanes of at least 4 members (excludes halogenated alkanes) is 7. The van der Waals surface area contributed by atoms with E-state index in [-0.39, 0.29) is 56.4 Å². The fourth-order valence-corrected chi connectivity index (χ4v) is 5.83. The summed E-state index contributed by atoms with van der Waals surface area (Å²) in [6.07, 6.45) is 8.15. The molecular formula is C39H73N5O9. The number of carbonyl (C=O) groups is 5. The summed E-state index contributed by atoms with van der Waals surface area (Å²) in [6, 6.07) is 0. The van der Waals surface area contributed by atoms with Gasteiger partial charge in [0.05, 0.1) is 26.2 Å². The maximum atomic E-state index is 13.1. The Bertz CT molecular complexity index is 1070. The summed E-state index contributed by atoms with van der Waals surface area (Å²) < 4.78 is 16.9. The van der Waals surface area contributed by atoms with Gasteiger partial charge in [-0.25, -0.2) is 0 Å². The average Bonchev–Trinajstić information content (AvgIpc) is 2.98. The zero-order chi connectivity index (χ0) is 40.1. The van der Waals surface area contributed by atoms with Crippen LogP contribution in [0, 0.1) is 0 Å². The van der Waals surface area contributed by atoms with Crippen LogP contribution >= 0.6 is 0 Å². The first-order valence-corrected chi connectivity index (χ1v) is 19.6. The number of rotatable bonds is 19. The number of amides is 1. The van der Waals surface area contributed by atoms with E-state index < -0.39 is 22.8 Å². The lowest BCUT2D eigenvalue weighted by Crippen LogP contribution is -2.50. The highest BCUT2D eigenvalue weighted by Gasteiger charge is 2.26. The number of aliphatic carboxylic acids is 1. The Hall–Kier alpha value is -2.81. The van der Waals surface area contributed by atoms with Crippen molar-refractivity contribution < 1.29 is 43.3 Å². The standard InChI is InChI=1S/C39H73N5O9/c1-37(2,3)51-34(48)29-42-22-20-41(28-32(45)40-19-17-15-13-11-10-12-14-16-18-33(46)47)21-23-43(30-35(49)52-38(4,5)6)25-27-44(26-24-42)31-36(50)53-39(7,8)9/h10-31H2,1-9H3,(H,40,45)(H,46,47). The van der Waals surface area contributed by atoms with Crippen LogP contribution in [0.1, 0.15) is 120 Å². The van der Waals surface area contributed by atoms with Crippen molar-refractivity contribution in [1.82, 2.24) is 24.9 Å². The van der Waals surface area contributed by atoms with E-state index in [4.69, 9.17) is 19.3 Å². The van der Waals surface area contributed by atoms with Gasteiger partial charge < -0.3 is 24.6 Å². The monoisotopic (exact) mass is 756 g/mol. The van der Waals surface area contributed by atoms with Crippen molar-refractivity contribution in [2.24, 2.45) is 0 Å². The molecule has 2 N–H and O–H groups in total. The fourth-order valence-electron chi connectivity index (χ4n) is 5.83. The Morgan fingerprint density at radius 1 is 0.472 bits per heavy atom. The minimum atomic E-state index is -0.736. The Labute approximate surface area is 319 Å². The number of carboxylic acid groups (broad SMARTS) is 1. The van der Waals surface area contributed by atoms with Gasteiger partial charge in [-0.3, -0.25) is 43.6 Å². The molecule has 1 amide bonds. The SMILES string of the molecule is CC(C)(C)OC(=O)CN1CCN(CC(=O)NCCCCCCCCCCC(=O)O)CCN(CC(=O)OC(C)(C)C)CCN(CC(=O)OC(C)(C)C)CC1. The van der Waals surface area contributed by atoms with E-state index >= 15 is 0 Å². The van der Waals surface area contributed by atoms with Crippen molar-refractivity contribution in [2.45, 2.75) is 137 Å². The number of hydrogen-bond donors (Lipinski definition) is 2. The quantitative estimate of drug-likeness (QED) is 0.111. The lowest BCUT2D eigenvalue weighted by molar-refractivity contribution is -0.158. The predicted molar refractivity (Wildman–Crippen MR) is 205 cm³/mol. The smallest absolute Gasteiger partial charge is 0.320 e. The topological polar surface area (TPSA) is 158 Å². The van der Waals surface area contributed by atoms with Gasteiger partial charge in [-0.15, -0.1) is 0 Å². The van der Waals surface area contributed by atoms with Crippen molar-refractivity contribution in [2.75, 3.05) is 85.1 Å². The fraction of sp³-hybridized carbons (Fsp3) is 0.872. The minimum absolute atomic E-state index is 0.0682. The molecule has 308 valence electrons. The van der Waals surface area contributed by atoms with Crippen LogP contribution < -0.4 is 5.32 Å². The molecular weight excluding hydrogens is 682 g/mol. The van der Waals surface area contributed by atoms with Crippen molar-refractivity contribution in [3.8, 4) is 0 Å². The maximum absolute atomic E-state index is 13.1. The zero-order valence-electron chi connectivity index (χ0n) is 34.6. The number of hydrogen-bond acceptors (Lipinski definition) is 12. The van der Waals surface area contributed by atoms with Gasteiger partial charge in [-0.05, 0) is 75.2 Å². The second kappa shape index (κ2) is 24.6. The molecule has 0 aromatic carbocycles. The van der Waals surface area contributed by atoms with E-state index in [9.17, 15) is 24.0 Å². The highest BCUT2D eigenvalue weighted by Crippen LogP contribution is 2.12. The molecule has 14 heteroatoms. The van der Waals surface area contributed by atoms with Crippen LogP contribution in [-0.2, 0) is 38.2 Å². The Morgan fingerprint density at radius 3 is 1.06 bits per heavy atom. The van der Waals surface area contributed by atoms with Gasteiger partial charge in [0, 0.05) is 65.3 Å². The largest absolute Gasteiger partial charge is 0.481 e. The van der Waals surface area contributed by atoms with Crippen LogP contribution in [-0.4, -0.2) is 156 Å². The summed E-state index contributed by atoms with van der Waals surface area (Å²) in [5, 5.41) is 11.8. The Kier molecular flexibility index (Phi) is 22.3. The third-order valence-electron chi connectivity index (χ3n) is 8.25. The summed E-state index contributed by atoms with van der Waals surface area (Å²) in [5.74, 6) is -1.83. The van der Waals surface area contributed by atoms with Crippen LogP contribution in [0.5, 0.6) is 0 Å². The van der Waals surface area contributed by atoms with E-state index in [1.807, 2.05) is 77.0 Å². The van der Waals surface area contributed by atoms with Gasteiger partial charge in [-0.1, -0.05) is 38.5 Å². The number of nitrogens with zero attached hydrogens (tertiary/aromatic N) is 4. The van der Waals surface area contributed by atoms with Gasteiger partial charge in [0.1, 0.15) is 16.8 Å². The summed E-state index contributed by atoms with van der Waals surface area (Å²) in [5.41, 5.74) is -1.88. The van der Waals surface area contributed by atoms with Gasteiger partial charge in [0.15, 0.2) is 0 Å². The number of esters is 3. The average molecular weight is 756 g/mol. The van der Waals surface area contributed by atoms with Crippen LogP contribution in [0.2, 0.25) is 0 Å². The molecule has 1 aliphatic rings. The van der Waals surface area contributed by atoms with Crippen LogP contribution in [0.25, 0.3) is 0 Å². The second-order valence-corrected chi connectivity index (χ2v) is 17.2. The first kappa shape index (κ1) is 48.2. The minimum Gasteiger partial charge on any atom is -0.481 e. The molecule has 0 unspecified atom stereocenters. The molecule has 0 bridgehead atoms. The molecule has 0 radical (unpaired) electrons. The molecule has 1 fully saturated rings. The van der Waals surface area contributed by atoms with E-state index in [0.29, 0.717) is 58.9 Å². The van der Waals surface area contributed by atoms with Gasteiger partial charge in [0.25, 0.3) is 0 Å². The van der Waals surface area contributed by atoms with E-state index in [1.165, 1.54) is 0 Å². The van der Waals surface area contributed by atoms with Gasteiger partial charge in [0.2, 0.25) is 5.91 Å². The third kappa shape index (κ3) is 28.3.